The predicted octanol–water partition coefficient (Wildman–Crippen LogP) is 1.64. The predicted molar refractivity (Wildman–Crippen MR) is 71.6 cm³/mol. The summed E-state index contributed by atoms with van der Waals surface area (Å²) in [6.07, 6.45) is 0. The van der Waals surface area contributed by atoms with E-state index in [0.717, 1.165) is 20.3 Å². The van der Waals surface area contributed by atoms with Gasteiger partial charge < -0.3 is 5.73 Å². The summed E-state index contributed by atoms with van der Waals surface area (Å²) in [5.41, 5.74) is 6.21. The highest BCUT2D eigenvalue weighted by molar-refractivity contribution is 8.15. The van der Waals surface area contributed by atoms with E-state index in [0.29, 0.717) is 5.75 Å². The number of fused-ring (bicyclic) bond motifs is 1. The average molecular weight is 263 g/mol. The lowest BCUT2D eigenvalue weighted by molar-refractivity contribution is -0.118. The first-order valence-electron chi connectivity index (χ1n) is 5.10. The van der Waals surface area contributed by atoms with Crippen molar-refractivity contribution in [3.63, 3.8) is 0 Å². The van der Waals surface area contributed by atoms with Gasteiger partial charge >= 0.3 is 0 Å². The van der Waals surface area contributed by atoms with Gasteiger partial charge in [0.2, 0.25) is 5.91 Å². The molecule has 1 unspecified atom stereocenters. The molecular formula is C11H9N3OS2. The molecule has 1 aliphatic rings. The summed E-state index contributed by atoms with van der Waals surface area (Å²) in [6.45, 7) is 0. The molecular weight excluding hydrogens is 254 g/mol. The molecule has 1 aromatic heterocycles. The highest BCUT2D eigenvalue weighted by Crippen LogP contribution is 2.29. The lowest BCUT2D eigenvalue weighted by atomic mass is 10.3. The van der Waals surface area contributed by atoms with Crippen LogP contribution >= 0.6 is 23.1 Å². The highest BCUT2D eigenvalue weighted by Gasteiger charge is 2.25. The van der Waals surface area contributed by atoms with Gasteiger partial charge in [-0.3, -0.25) is 9.79 Å². The van der Waals surface area contributed by atoms with Gasteiger partial charge in [0.25, 0.3) is 0 Å². The molecule has 2 heterocycles. The van der Waals surface area contributed by atoms with Crippen LogP contribution < -0.4 is 5.73 Å². The molecule has 0 aliphatic carbocycles. The molecule has 1 atom stereocenters. The first kappa shape index (κ1) is 10.7. The van der Waals surface area contributed by atoms with Crippen molar-refractivity contribution in [3.8, 4) is 0 Å². The van der Waals surface area contributed by atoms with Crippen LogP contribution in [0.15, 0.2) is 29.3 Å². The third kappa shape index (κ3) is 1.94. The molecule has 1 aliphatic heterocycles. The van der Waals surface area contributed by atoms with Crippen LogP contribution in [0.1, 0.15) is 5.01 Å². The Balaban J connectivity index is 1.99. The van der Waals surface area contributed by atoms with Gasteiger partial charge in [0.15, 0.2) is 0 Å². The number of amides is 1. The standard InChI is InChI=1S/C11H9N3OS2/c12-9(15)7-5-16-10(14-7)11-13-6-3-1-2-4-8(6)17-11/h1-4,7H,5H2,(H2,12,15). The maximum absolute atomic E-state index is 11.0. The van der Waals surface area contributed by atoms with Gasteiger partial charge in [-0.25, -0.2) is 4.98 Å². The first-order valence-corrected chi connectivity index (χ1v) is 6.90. The molecule has 0 radical (unpaired) electrons. The van der Waals surface area contributed by atoms with Gasteiger partial charge in [-0.1, -0.05) is 12.1 Å². The summed E-state index contributed by atoms with van der Waals surface area (Å²) in [7, 11) is 0. The quantitative estimate of drug-likeness (QED) is 0.895. The maximum atomic E-state index is 11.0. The Morgan fingerprint density at radius 3 is 2.94 bits per heavy atom. The number of para-hydroxylation sites is 1. The van der Waals surface area contributed by atoms with E-state index in [1.165, 1.54) is 0 Å². The summed E-state index contributed by atoms with van der Waals surface area (Å²) in [4.78, 5) is 19.8. The van der Waals surface area contributed by atoms with Gasteiger partial charge in [0, 0.05) is 5.75 Å². The lowest BCUT2D eigenvalue weighted by Gasteiger charge is -1.95. The summed E-state index contributed by atoms with van der Waals surface area (Å²) in [5.74, 6) is 0.259. The molecule has 6 heteroatoms. The number of hydrogen-bond acceptors (Lipinski definition) is 5. The van der Waals surface area contributed by atoms with Crippen molar-refractivity contribution in [3.05, 3.63) is 29.3 Å². The van der Waals surface area contributed by atoms with Crippen LogP contribution in [0.2, 0.25) is 0 Å². The molecule has 2 aromatic rings. The van der Waals surface area contributed by atoms with E-state index >= 15 is 0 Å². The van der Waals surface area contributed by atoms with Crippen molar-refractivity contribution < 1.29 is 4.79 Å². The largest absolute Gasteiger partial charge is 0.368 e. The number of benzene rings is 1. The maximum Gasteiger partial charge on any atom is 0.243 e. The van der Waals surface area contributed by atoms with Crippen molar-refractivity contribution in [2.24, 2.45) is 10.7 Å². The Hall–Kier alpha value is -1.40. The number of carbonyl (C=O) groups is 1. The molecule has 1 aromatic carbocycles. The molecule has 0 saturated heterocycles. The molecule has 0 fully saturated rings. The second kappa shape index (κ2) is 4.12. The van der Waals surface area contributed by atoms with Crippen molar-refractivity contribution in [2.45, 2.75) is 6.04 Å². The number of aliphatic imine (C=N–C) groups is 1. The van der Waals surface area contributed by atoms with Gasteiger partial charge in [-0.15, -0.1) is 23.1 Å². The number of nitrogens with zero attached hydrogens (tertiary/aromatic N) is 2. The minimum absolute atomic E-state index is 0.367. The Kier molecular flexibility index (Phi) is 2.60. The molecule has 0 spiro atoms. The molecule has 17 heavy (non-hydrogen) atoms. The zero-order chi connectivity index (χ0) is 11.8. The van der Waals surface area contributed by atoms with Crippen LogP contribution in [-0.4, -0.2) is 27.7 Å². The lowest BCUT2D eigenvalue weighted by Crippen LogP contribution is -2.26. The minimum Gasteiger partial charge on any atom is -0.368 e. The topological polar surface area (TPSA) is 68.3 Å². The van der Waals surface area contributed by atoms with Crippen LogP contribution in [0.25, 0.3) is 10.2 Å². The normalized spacial score (nSPS) is 19.5. The fourth-order valence-electron chi connectivity index (χ4n) is 1.60. The van der Waals surface area contributed by atoms with E-state index in [4.69, 9.17) is 5.73 Å². The summed E-state index contributed by atoms with van der Waals surface area (Å²) >= 11 is 3.14. The van der Waals surface area contributed by atoms with Crippen molar-refractivity contribution in [2.75, 3.05) is 5.75 Å². The molecule has 3 rings (SSSR count). The molecule has 0 bridgehead atoms. The first-order chi connectivity index (χ1) is 8.24. The van der Waals surface area contributed by atoms with Crippen LogP contribution in [0.4, 0.5) is 0 Å². The SMILES string of the molecule is NC(=O)C1CSC(c2nc3ccccc3s2)=N1. The van der Waals surface area contributed by atoms with E-state index in [1.807, 2.05) is 24.3 Å². The van der Waals surface area contributed by atoms with Gasteiger partial charge in [0.05, 0.1) is 10.2 Å². The Labute approximate surface area is 106 Å². The van der Waals surface area contributed by atoms with Crippen LogP contribution in [0, 0.1) is 0 Å². The number of thioether (sulfide) groups is 1. The van der Waals surface area contributed by atoms with E-state index in [9.17, 15) is 4.79 Å². The average Bonchev–Trinajstić information content (AvgIpc) is 2.95. The number of primary amides is 1. The summed E-state index contributed by atoms with van der Waals surface area (Å²) in [6, 6.07) is 7.55. The summed E-state index contributed by atoms with van der Waals surface area (Å²) in [5, 5.41) is 1.70. The Morgan fingerprint density at radius 2 is 2.24 bits per heavy atom. The number of hydrogen-bond donors (Lipinski definition) is 1. The van der Waals surface area contributed by atoms with E-state index in [2.05, 4.69) is 9.98 Å². The molecule has 86 valence electrons. The fourth-order valence-corrected chi connectivity index (χ4v) is 3.68. The third-order valence-corrected chi connectivity index (χ3v) is 4.68. The molecule has 2 N–H and O–H groups in total. The van der Waals surface area contributed by atoms with Gasteiger partial charge in [-0.05, 0) is 12.1 Å². The zero-order valence-electron chi connectivity index (χ0n) is 8.79. The second-order valence-electron chi connectivity index (χ2n) is 3.65. The Bertz CT molecular complexity index is 587. The number of aromatic nitrogens is 1. The van der Waals surface area contributed by atoms with Crippen LogP contribution in [0.3, 0.4) is 0 Å². The van der Waals surface area contributed by atoms with E-state index in [1.54, 1.807) is 23.1 Å². The summed E-state index contributed by atoms with van der Waals surface area (Å²) < 4.78 is 1.13. The van der Waals surface area contributed by atoms with Gasteiger partial charge in [0.1, 0.15) is 16.1 Å². The second-order valence-corrected chi connectivity index (χ2v) is 5.69. The van der Waals surface area contributed by atoms with Crippen LogP contribution in [0.5, 0.6) is 0 Å². The Morgan fingerprint density at radius 1 is 1.41 bits per heavy atom. The minimum atomic E-state index is -0.401. The van der Waals surface area contributed by atoms with E-state index < -0.39 is 6.04 Å². The highest BCUT2D eigenvalue weighted by atomic mass is 32.2. The molecule has 4 nitrogen and oxygen atoms in total. The van der Waals surface area contributed by atoms with E-state index in [-0.39, 0.29) is 5.91 Å². The monoisotopic (exact) mass is 263 g/mol. The van der Waals surface area contributed by atoms with Crippen molar-refractivity contribution in [1.82, 2.24) is 4.98 Å². The smallest absolute Gasteiger partial charge is 0.243 e. The number of thiazole rings is 1. The van der Waals surface area contributed by atoms with Crippen LogP contribution in [-0.2, 0) is 4.79 Å². The van der Waals surface area contributed by atoms with Crippen molar-refractivity contribution >= 4 is 44.3 Å². The number of carbonyl (C=O) groups excluding carboxylic acids is 1. The van der Waals surface area contributed by atoms with Crippen molar-refractivity contribution in [1.29, 1.82) is 0 Å². The third-order valence-electron chi connectivity index (χ3n) is 2.46. The number of rotatable bonds is 2. The zero-order valence-corrected chi connectivity index (χ0v) is 10.4. The molecule has 0 saturated carbocycles. The fraction of sp³-hybridized carbons (Fsp3) is 0.182. The molecule has 1 amide bonds. The van der Waals surface area contributed by atoms with Gasteiger partial charge in [-0.2, -0.15) is 0 Å². The number of nitrogens with two attached hydrogens (primary N) is 1.